The largest absolute Gasteiger partial charge is 0.310 e. The topological polar surface area (TPSA) is 3.24 Å². The number of hydrogen-bond acceptors (Lipinski definition) is 1. The highest BCUT2D eigenvalue weighted by atomic mass is 79.9. The van der Waals surface area contributed by atoms with E-state index < -0.39 is 5.41 Å². The summed E-state index contributed by atoms with van der Waals surface area (Å²) in [4.78, 5) is 2.43. The van der Waals surface area contributed by atoms with Crippen LogP contribution in [0.3, 0.4) is 0 Å². The molecule has 0 radical (unpaired) electrons. The Morgan fingerprint density at radius 3 is 1.59 bits per heavy atom. The number of benzene rings is 6. The minimum Gasteiger partial charge on any atom is -0.310 e. The van der Waals surface area contributed by atoms with Crippen molar-refractivity contribution < 1.29 is 0 Å². The van der Waals surface area contributed by atoms with E-state index in [9.17, 15) is 0 Å². The van der Waals surface area contributed by atoms with Gasteiger partial charge in [0.1, 0.15) is 0 Å². The maximum Gasteiger partial charge on any atom is 0.0742 e. The summed E-state index contributed by atoms with van der Waals surface area (Å²) in [5, 5.41) is 0. The first-order valence-corrected chi connectivity index (χ1v) is 14.0. The lowest BCUT2D eigenvalue weighted by Crippen LogP contribution is -2.37. The molecule has 0 unspecified atom stereocenters. The second-order valence-electron chi connectivity index (χ2n) is 9.91. The maximum absolute atomic E-state index is 3.59. The van der Waals surface area contributed by atoms with Gasteiger partial charge in [0, 0.05) is 10.2 Å². The van der Waals surface area contributed by atoms with Gasteiger partial charge < -0.3 is 4.90 Å². The number of para-hydroxylation sites is 2. The standard InChI is InChI=1S/C37H26BrN/c38-31-23-20-27(21-24-31)28-22-25-34-36(26-28)39(32-16-8-3-9-17-32)35-19-11-10-18-33(35)37(34,29-12-4-1-5-13-29)30-14-6-2-7-15-30/h1-26H. The third kappa shape index (κ3) is 3.83. The van der Waals surface area contributed by atoms with Crippen LogP contribution in [0.1, 0.15) is 22.3 Å². The fourth-order valence-corrected chi connectivity index (χ4v) is 6.40. The zero-order chi connectivity index (χ0) is 26.2. The van der Waals surface area contributed by atoms with Crippen molar-refractivity contribution in [1.82, 2.24) is 0 Å². The summed E-state index contributed by atoms with van der Waals surface area (Å²) in [5.41, 5.74) is 10.5. The van der Waals surface area contributed by atoms with Crippen LogP contribution in [0.25, 0.3) is 11.1 Å². The molecule has 0 spiro atoms. The Bertz CT molecular complexity index is 1700. The smallest absolute Gasteiger partial charge is 0.0742 e. The number of nitrogens with zero attached hydrogens (tertiary/aromatic N) is 1. The van der Waals surface area contributed by atoms with Crippen molar-refractivity contribution in [3.05, 3.63) is 184 Å². The number of hydrogen-bond donors (Lipinski definition) is 0. The average molecular weight is 565 g/mol. The van der Waals surface area contributed by atoms with Crippen molar-refractivity contribution in [2.24, 2.45) is 0 Å². The molecule has 0 aromatic heterocycles. The lowest BCUT2D eigenvalue weighted by molar-refractivity contribution is 0.731. The summed E-state index contributed by atoms with van der Waals surface area (Å²) >= 11 is 3.59. The van der Waals surface area contributed by atoms with Gasteiger partial charge in [-0.2, -0.15) is 0 Å². The Labute approximate surface area is 238 Å². The fraction of sp³-hybridized carbons (Fsp3) is 0.0270. The van der Waals surface area contributed by atoms with Gasteiger partial charge in [-0.05, 0) is 69.8 Å². The van der Waals surface area contributed by atoms with Gasteiger partial charge in [0.15, 0.2) is 0 Å². The summed E-state index contributed by atoms with van der Waals surface area (Å²) in [6, 6.07) is 57.1. The Hall–Kier alpha value is -4.40. The first-order chi connectivity index (χ1) is 19.3. The van der Waals surface area contributed by atoms with Crippen LogP contribution >= 0.6 is 15.9 Å². The minimum absolute atomic E-state index is 0.474. The predicted molar refractivity (Wildman–Crippen MR) is 166 cm³/mol. The first-order valence-electron chi connectivity index (χ1n) is 13.2. The van der Waals surface area contributed by atoms with Gasteiger partial charge in [-0.3, -0.25) is 0 Å². The first kappa shape index (κ1) is 23.7. The lowest BCUT2D eigenvalue weighted by atomic mass is 9.62. The van der Waals surface area contributed by atoms with Crippen LogP contribution in [0, 0.1) is 0 Å². The second-order valence-corrected chi connectivity index (χ2v) is 10.8. The van der Waals surface area contributed by atoms with Gasteiger partial charge in [-0.15, -0.1) is 0 Å². The zero-order valence-electron chi connectivity index (χ0n) is 21.3. The molecule has 0 aliphatic carbocycles. The molecule has 1 heterocycles. The number of anilines is 3. The summed E-state index contributed by atoms with van der Waals surface area (Å²) in [6.45, 7) is 0. The third-order valence-corrected chi connectivity index (χ3v) is 8.33. The van der Waals surface area contributed by atoms with E-state index in [0.717, 1.165) is 10.2 Å². The van der Waals surface area contributed by atoms with Crippen LogP contribution < -0.4 is 4.90 Å². The maximum atomic E-state index is 3.59. The number of rotatable bonds is 4. The molecular weight excluding hydrogens is 538 g/mol. The quantitative estimate of drug-likeness (QED) is 0.206. The second kappa shape index (κ2) is 9.72. The molecule has 0 saturated carbocycles. The highest BCUT2D eigenvalue weighted by Crippen LogP contribution is 2.58. The van der Waals surface area contributed by atoms with Crippen molar-refractivity contribution >= 4 is 33.0 Å². The molecule has 7 rings (SSSR count). The third-order valence-electron chi connectivity index (χ3n) is 7.80. The molecule has 0 amide bonds. The Morgan fingerprint density at radius 2 is 0.949 bits per heavy atom. The van der Waals surface area contributed by atoms with E-state index >= 15 is 0 Å². The van der Waals surface area contributed by atoms with Crippen molar-refractivity contribution in [1.29, 1.82) is 0 Å². The Kier molecular flexibility index (Phi) is 5.91. The molecule has 0 atom stereocenters. The molecule has 0 saturated heterocycles. The molecule has 1 aliphatic heterocycles. The molecule has 0 bridgehead atoms. The van der Waals surface area contributed by atoms with E-state index in [1.165, 1.54) is 44.8 Å². The molecule has 39 heavy (non-hydrogen) atoms. The Balaban J connectivity index is 1.61. The van der Waals surface area contributed by atoms with E-state index in [2.05, 4.69) is 179 Å². The summed E-state index contributed by atoms with van der Waals surface area (Å²) < 4.78 is 1.08. The van der Waals surface area contributed by atoms with Crippen LogP contribution in [0.4, 0.5) is 17.1 Å². The van der Waals surface area contributed by atoms with E-state index in [1.54, 1.807) is 0 Å². The summed E-state index contributed by atoms with van der Waals surface area (Å²) in [6.07, 6.45) is 0. The van der Waals surface area contributed by atoms with E-state index in [0.29, 0.717) is 0 Å². The highest BCUT2D eigenvalue weighted by Gasteiger charge is 2.46. The van der Waals surface area contributed by atoms with Gasteiger partial charge in [0.2, 0.25) is 0 Å². The molecule has 1 nitrogen and oxygen atoms in total. The van der Waals surface area contributed by atoms with Crippen LogP contribution in [0.2, 0.25) is 0 Å². The average Bonchev–Trinajstić information content (AvgIpc) is 3.01. The summed E-state index contributed by atoms with van der Waals surface area (Å²) in [5.74, 6) is 0. The molecule has 6 aromatic rings. The Morgan fingerprint density at radius 1 is 0.436 bits per heavy atom. The van der Waals surface area contributed by atoms with Crippen molar-refractivity contribution in [3.8, 4) is 11.1 Å². The van der Waals surface area contributed by atoms with E-state index in [4.69, 9.17) is 0 Å². The van der Waals surface area contributed by atoms with Gasteiger partial charge in [0.25, 0.3) is 0 Å². The number of fused-ring (bicyclic) bond motifs is 2. The normalized spacial score (nSPS) is 13.4. The monoisotopic (exact) mass is 563 g/mol. The lowest BCUT2D eigenvalue weighted by Gasteiger charge is -2.46. The molecule has 0 fully saturated rings. The highest BCUT2D eigenvalue weighted by molar-refractivity contribution is 9.10. The zero-order valence-corrected chi connectivity index (χ0v) is 22.9. The van der Waals surface area contributed by atoms with Gasteiger partial charge in [-0.1, -0.05) is 137 Å². The van der Waals surface area contributed by atoms with Crippen molar-refractivity contribution in [2.75, 3.05) is 4.90 Å². The van der Waals surface area contributed by atoms with Crippen molar-refractivity contribution in [3.63, 3.8) is 0 Å². The summed E-state index contributed by atoms with van der Waals surface area (Å²) in [7, 11) is 0. The van der Waals surface area contributed by atoms with Gasteiger partial charge in [0.05, 0.1) is 16.8 Å². The van der Waals surface area contributed by atoms with E-state index in [-0.39, 0.29) is 0 Å². The van der Waals surface area contributed by atoms with Gasteiger partial charge >= 0.3 is 0 Å². The van der Waals surface area contributed by atoms with Crippen LogP contribution in [-0.4, -0.2) is 0 Å². The van der Waals surface area contributed by atoms with Crippen LogP contribution in [0.15, 0.2) is 162 Å². The van der Waals surface area contributed by atoms with Gasteiger partial charge in [-0.25, -0.2) is 0 Å². The van der Waals surface area contributed by atoms with Crippen molar-refractivity contribution in [2.45, 2.75) is 5.41 Å². The van der Waals surface area contributed by atoms with E-state index in [1.807, 2.05) is 0 Å². The molecule has 2 heteroatoms. The predicted octanol–water partition coefficient (Wildman–Crippen LogP) is 10.3. The minimum atomic E-state index is -0.474. The fourth-order valence-electron chi connectivity index (χ4n) is 6.14. The SMILES string of the molecule is Brc1ccc(-c2ccc3c(c2)N(c2ccccc2)c2ccccc2C3(c2ccccc2)c2ccccc2)cc1. The molecule has 6 aromatic carbocycles. The molecule has 0 N–H and O–H groups in total. The van der Waals surface area contributed by atoms with Crippen LogP contribution in [0.5, 0.6) is 0 Å². The molecule has 186 valence electrons. The molecule has 1 aliphatic rings. The van der Waals surface area contributed by atoms with Crippen LogP contribution in [-0.2, 0) is 5.41 Å². The number of halogens is 1. The molecular formula is C37H26BrN.